The topological polar surface area (TPSA) is 73.1 Å². The Morgan fingerprint density at radius 2 is 1.40 bits per heavy atom. The minimum Gasteiger partial charge on any atom is -0.507 e. The number of amides is 1. The average molecular weight is 405 g/mol. The van der Waals surface area contributed by atoms with E-state index < -0.39 is 5.91 Å². The SMILES string of the molecule is Cc1cc(C)cc(NC(=O)/C(C#N)=C/c2cc(C(C)(C)C)c(O)c(C(C)(C)C)c2)c1. The number of anilines is 1. The molecule has 30 heavy (non-hydrogen) atoms. The molecular formula is C26H32N2O2. The maximum absolute atomic E-state index is 12.7. The van der Waals surface area contributed by atoms with Crippen LogP contribution in [0, 0.1) is 25.2 Å². The van der Waals surface area contributed by atoms with Crippen LogP contribution in [0.15, 0.2) is 35.9 Å². The van der Waals surface area contributed by atoms with Crippen molar-refractivity contribution in [3.05, 3.63) is 63.7 Å². The van der Waals surface area contributed by atoms with E-state index in [9.17, 15) is 15.2 Å². The first-order chi connectivity index (χ1) is 13.7. The van der Waals surface area contributed by atoms with Gasteiger partial charge in [-0.2, -0.15) is 5.26 Å². The highest BCUT2D eigenvalue weighted by molar-refractivity contribution is 6.09. The molecule has 4 nitrogen and oxygen atoms in total. The quantitative estimate of drug-likeness (QED) is 0.476. The van der Waals surface area contributed by atoms with Gasteiger partial charge in [0.2, 0.25) is 0 Å². The van der Waals surface area contributed by atoms with Crippen molar-refractivity contribution in [2.75, 3.05) is 5.32 Å². The van der Waals surface area contributed by atoms with Crippen molar-refractivity contribution in [1.29, 1.82) is 5.26 Å². The summed E-state index contributed by atoms with van der Waals surface area (Å²) < 4.78 is 0. The predicted molar refractivity (Wildman–Crippen MR) is 124 cm³/mol. The number of aromatic hydroxyl groups is 1. The van der Waals surface area contributed by atoms with Gasteiger partial charge in [0.05, 0.1) is 0 Å². The minimum absolute atomic E-state index is 0.0135. The Hall–Kier alpha value is -3.06. The average Bonchev–Trinajstić information content (AvgIpc) is 2.57. The summed E-state index contributed by atoms with van der Waals surface area (Å²) in [6, 6.07) is 11.5. The van der Waals surface area contributed by atoms with Gasteiger partial charge >= 0.3 is 0 Å². The molecule has 2 rings (SSSR count). The lowest BCUT2D eigenvalue weighted by molar-refractivity contribution is -0.112. The fourth-order valence-corrected chi connectivity index (χ4v) is 3.44. The number of rotatable bonds is 3. The molecule has 1 amide bonds. The second-order valence-electron chi connectivity index (χ2n) is 9.96. The lowest BCUT2D eigenvalue weighted by Gasteiger charge is -2.28. The van der Waals surface area contributed by atoms with E-state index in [4.69, 9.17) is 0 Å². The standard InChI is InChI=1S/C26H32N2O2/c1-16-9-17(2)11-20(10-16)28-24(30)19(15-27)12-18-13-21(25(3,4)5)23(29)22(14-18)26(6,7)8/h9-14,29H,1-8H3,(H,28,30)/b19-12+. The van der Waals surface area contributed by atoms with Crippen molar-refractivity contribution in [1.82, 2.24) is 0 Å². The van der Waals surface area contributed by atoms with Crippen molar-refractivity contribution in [3.8, 4) is 11.8 Å². The Labute approximate surface area is 180 Å². The molecule has 2 aromatic carbocycles. The Morgan fingerprint density at radius 1 is 0.933 bits per heavy atom. The zero-order valence-corrected chi connectivity index (χ0v) is 19.3. The minimum atomic E-state index is -0.454. The van der Waals surface area contributed by atoms with Crippen molar-refractivity contribution in [2.24, 2.45) is 0 Å². The Balaban J connectivity index is 2.53. The molecule has 0 radical (unpaired) electrons. The fourth-order valence-electron chi connectivity index (χ4n) is 3.44. The lowest BCUT2D eigenvalue weighted by atomic mass is 9.78. The van der Waals surface area contributed by atoms with Crippen LogP contribution in [0.2, 0.25) is 0 Å². The molecule has 0 fully saturated rings. The third-order valence-electron chi connectivity index (χ3n) is 4.90. The summed E-state index contributed by atoms with van der Waals surface area (Å²) in [6.07, 6.45) is 1.59. The molecule has 0 aliphatic rings. The van der Waals surface area contributed by atoms with Gasteiger partial charge in [-0.15, -0.1) is 0 Å². The number of benzene rings is 2. The van der Waals surface area contributed by atoms with E-state index in [1.807, 2.05) is 91.8 Å². The van der Waals surface area contributed by atoms with E-state index in [2.05, 4.69) is 5.32 Å². The summed E-state index contributed by atoms with van der Waals surface area (Å²) in [5.41, 5.74) is 4.46. The van der Waals surface area contributed by atoms with Crippen LogP contribution >= 0.6 is 0 Å². The molecule has 4 heteroatoms. The van der Waals surface area contributed by atoms with Crippen molar-refractivity contribution in [3.63, 3.8) is 0 Å². The van der Waals surface area contributed by atoms with E-state index in [-0.39, 0.29) is 22.2 Å². The number of nitrogens with zero attached hydrogens (tertiary/aromatic N) is 1. The zero-order chi connectivity index (χ0) is 22.9. The molecule has 0 heterocycles. The first kappa shape index (κ1) is 23.2. The molecular weight excluding hydrogens is 372 g/mol. The van der Waals surface area contributed by atoms with Crippen molar-refractivity contribution < 1.29 is 9.90 Å². The van der Waals surface area contributed by atoms with Gasteiger partial charge in [0.25, 0.3) is 5.91 Å². The molecule has 0 bridgehead atoms. The number of carbonyl (C=O) groups is 1. The molecule has 0 unspecified atom stereocenters. The van der Waals surface area contributed by atoms with Crippen molar-refractivity contribution >= 4 is 17.7 Å². The number of hydrogen-bond acceptors (Lipinski definition) is 3. The van der Waals surface area contributed by atoms with Gasteiger partial charge in [-0.1, -0.05) is 47.6 Å². The normalized spacial score (nSPS) is 12.4. The number of nitrogens with one attached hydrogen (secondary N) is 1. The van der Waals surface area contributed by atoms with E-state index >= 15 is 0 Å². The molecule has 0 saturated heterocycles. The highest BCUT2D eigenvalue weighted by Crippen LogP contribution is 2.40. The molecule has 2 N–H and O–H groups in total. The first-order valence-electron chi connectivity index (χ1n) is 10.1. The van der Waals surface area contributed by atoms with E-state index in [1.54, 1.807) is 6.08 Å². The number of phenolic OH excluding ortho intramolecular Hbond substituents is 1. The molecule has 158 valence electrons. The second-order valence-corrected chi connectivity index (χ2v) is 9.96. The van der Waals surface area contributed by atoms with E-state index in [1.165, 1.54) is 0 Å². The van der Waals surface area contributed by atoms with Crippen LogP contribution in [0.5, 0.6) is 5.75 Å². The molecule has 0 atom stereocenters. The van der Waals surface area contributed by atoms with Crippen LogP contribution in [0.25, 0.3) is 6.08 Å². The second kappa shape index (κ2) is 8.36. The van der Waals surface area contributed by atoms with Gasteiger partial charge in [-0.05, 0) is 71.7 Å². The number of phenols is 1. The van der Waals surface area contributed by atoms with Gasteiger partial charge < -0.3 is 10.4 Å². The molecule has 0 aliphatic heterocycles. The largest absolute Gasteiger partial charge is 0.507 e. The maximum Gasteiger partial charge on any atom is 0.266 e. The van der Waals surface area contributed by atoms with Gasteiger partial charge in [0.1, 0.15) is 17.4 Å². The number of aryl methyl sites for hydroxylation is 2. The third kappa shape index (κ3) is 5.51. The predicted octanol–water partition coefficient (Wildman–Crippen LogP) is 6.15. The summed E-state index contributed by atoms with van der Waals surface area (Å²) in [5, 5.41) is 23.3. The number of hydrogen-bond donors (Lipinski definition) is 2. The summed E-state index contributed by atoms with van der Waals surface area (Å²) >= 11 is 0. The highest BCUT2D eigenvalue weighted by Gasteiger charge is 2.26. The van der Waals surface area contributed by atoms with E-state index in [0.29, 0.717) is 5.69 Å². The first-order valence-corrected chi connectivity index (χ1v) is 10.1. The van der Waals surface area contributed by atoms with Crippen LogP contribution in [0.4, 0.5) is 5.69 Å². The molecule has 2 aromatic rings. The van der Waals surface area contributed by atoms with Crippen LogP contribution in [-0.4, -0.2) is 11.0 Å². The molecule has 0 aliphatic carbocycles. The highest BCUT2D eigenvalue weighted by atomic mass is 16.3. The molecule has 0 saturated carbocycles. The Bertz CT molecular complexity index is 987. The molecule has 0 aromatic heterocycles. The monoisotopic (exact) mass is 404 g/mol. The van der Waals surface area contributed by atoms with Crippen molar-refractivity contribution in [2.45, 2.75) is 66.2 Å². The summed E-state index contributed by atoms with van der Waals surface area (Å²) in [4.78, 5) is 12.7. The van der Waals surface area contributed by atoms with Crippen LogP contribution in [0.3, 0.4) is 0 Å². The zero-order valence-electron chi connectivity index (χ0n) is 19.3. The van der Waals surface area contributed by atoms with Gasteiger partial charge in [0, 0.05) is 16.8 Å². The third-order valence-corrected chi connectivity index (χ3v) is 4.90. The smallest absolute Gasteiger partial charge is 0.266 e. The van der Waals surface area contributed by atoms with Crippen LogP contribution < -0.4 is 5.32 Å². The lowest BCUT2D eigenvalue weighted by Crippen LogP contribution is -2.18. The summed E-state index contributed by atoms with van der Waals surface area (Å²) in [6.45, 7) is 16.1. The van der Waals surface area contributed by atoms with Crippen LogP contribution in [0.1, 0.15) is 69.4 Å². The fraction of sp³-hybridized carbons (Fsp3) is 0.385. The van der Waals surface area contributed by atoms with E-state index in [0.717, 1.165) is 27.8 Å². The Kier molecular flexibility index (Phi) is 6.47. The Morgan fingerprint density at radius 3 is 1.80 bits per heavy atom. The van der Waals surface area contributed by atoms with Gasteiger partial charge in [0.15, 0.2) is 0 Å². The summed E-state index contributed by atoms with van der Waals surface area (Å²) in [5.74, 6) is -0.185. The van der Waals surface area contributed by atoms with Crippen LogP contribution in [-0.2, 0) is 15.6 Å². The number of nitriles is 1. The molecule has 0 spiro atoms. The summed E-state index contributed by atoms with van der Waals surface area (Å²) in [7, 11) is 0. The maximum atomic E-state index is 12.7. The van der Waals surface area contributed by atoms with Gasteiger partial charge in [-0.25, -0.2) is 0 Å². The van der Waals surface area contributed by atoms with Gasteiger partial charge in [-0.3, -0.25) is 4.79 Å². The number of carbonyl (C=O) groups excluding carboxylic acids is 1.